The molecule has 2 unspecified atom stereocenters. The fraction of sp³-hybridized carbons (Fsp3) is 0.400. The summed E-state index contributed by atoms with van der Waals surface area (Å²) in [6, 6.07) is 22.9. The zero-order chi connectivity index (χ0) is 15.2. The van der Waals surface area contributed by atoms with Crippen molar-refractivity contribution in [2.24, 2.45) is 0 Å². The van der Waals surface area contributed by atoms with Gasteiger partial charge in [0.25, 0.3) is 0 Å². The number of nitrogens with one attached hydrogen (secondary N) is 1. The number of hydrogen-bond acceptors (Lipinski definition) is 2. The molecule has 2 atom stereocenters. The quantitative estimate of drug-likeness (QED) is 0.908. The molecule has 2 nitrogen and oxygen atoms in total. The van der Waals surface area contributed by atoms with Crippen LogP contribution in [0, 0.1) is 0 Å². The van der Waals surface area contributed by atoms with Gasteiger partial charge in [0.2, 0.25) is 0 Å². The zero-order valence-corrected chi connectivity index (χ0v) is 13.4. The van der Waals surface area contributed by atoms with Crippen molar-refractivity contribution in [2.75, 3.05) is 13.1 Å². The number of rotatable bonds is 5. The van der Waals surface area contributed by atoms with Crippen molar-refractivity contribution in [1.29, 1.82) is 0 Å². The Hall–Kier alpha value is -1.64. The maximum absolute atomic E-state index is 3.74. The van der Waals surface area contributed by atoms with Gasteiger partial charge in [-0.1, -0.05) is 67.6 Å². The van der Waals surface area contributed by atoms with Crippen LogP contribution in [0.5, 0.6) is 0 Å². The molecule has 1 N–H and O–H groups in total. The highest BCUT2D eigenvalue weighted by Crippen LogP contribution is 2.17. The van der Waals surface area contributed by atoms with E-state index in [0.717, 1.165) is 26.1 Å². The Balaban J connectivity index is 1.64. The van der Waals surface area contributed by atoms with Crippen LogP contribution in [-0.4, -0.2) is 30.1 Å². The minimum absolute atomic E-state index is 0.550. The van der Waals surface area contributed by atoms with Crippen molar-refractivity contribution < 1.29 is 0 Å². The Kier molecular flexibility index (Phi) is 5.25. The minimum Gasteiger partial charge on any atom is -0.311 e. The first-order valence-electron chi connectivity index (χ1n) is 8.40. The molecular weight excluding hydrogens is 268 g/mol. The van der Waals surface area contributed by atoms with E-state index in [0.29, 0.717) is 12.1 Å². The van der Waals surface area contributed by atoms with Gasteiger partial charge in [0, 0.05) is 31.7 Å². The predicted molar refractivity (Wildman–Crippen MR) is 92.9 cm³/mol. The number of nitrogens with zero attached hydrogens (tertiary/aromatic N) is 1. The molecule has 1 saturated heterocycles. The maximum atomic E-state index is 3.74. The van der Waals surface area contributed by atoms with Crippen LogP contribution >= 0.6 is 0 Å². The lowest BCUT2D eigenvalue weighted by Gasteiger charge is -2.40. The van der Waals surface area contributed by atoms with E-state index < -0.39 is 0 Å². The topological polar surface area (TPSA) is 15.3 Å². The summed E-state index contributed by atoms with van der Waals surface area (Å²) in [6.45, 7) is 5.58. The predicted octanol–water partition coefficient (Wildman–Crippen LogP) is 3.48. The summed E-state index contributed by atoms with van der Waals surface area (Å²) in [6.07, 6.45) is 2.32. The van der Waals surface area contributed by atoms with Crippen LogP contribution in [0.4, 0.5) is 0 Å². The van der Waals surface area contributed by atoms with E-state index >= 15 is 0 Å². The fourth-order valence-electron chi connectivity index (χ4n) is 3.38. The highest BCUT2D eigenvalue weighted by molar-refractivity contribution is 5.17. The van der Waals surface area contributed by atoms with Gasteiger partial charge in [-0.15, -0.1) is 0 Å². The first-order valence-corrected chi connectivity index (χ1v) is 8.40. The Labute approximate surface area is 134 Å². The second kappa shape index (κ2) is 7.57. The lowest BCUT2D eigenvalue weighted by Crippen LogP contribution is -2.56. The van der Waals surface area contributed by atoms with Gasteiger partial charge in [-0.25, -0.2) is 0 Å². The minimum atomic E-state index is 0.550. The first kappa shape index (κ1) is 15.3. The second-order valence-corrected chi connectivity index (χ2v) is 6.27. The largest absolute Gasteiger partial charge is 0.311 e. The van der Waals surface area contributed by atoms with E-state index in [1.807, 2.05) is 0 Å². The SMILES string of the molecule is CCC1CNC(Cc2ccccc2)CN1Cc1ccccc1. The summed E-state index contributed by atoms with van der Waals surface area (Å²) in [5, 5.41) is 3.74. The molecule has 22 heavy (non-hydrogen) atoms. The summed E-state index contributed by atoms with van der Waals surface area (Å²) < 4.78 is 0. The van der Waals surface area contributed by atoms with Gasteiger partial charge in [-0.3, -0.25) is 4.90 Å². The van der Waals surface area contributed by atoms with Gasteiger partial charge in [0.15, 0.2) is 0 Å². The van der Waals surface area contributed by atoms with E-state index in [1.54, 1.807) is 0 Å². The molecule has 0 saturated carbocycles. The Morgan fingerprint density at radius 1 is 0.955 bits per heavy atom. The lowest BCUT2D eigenvalue weighted by molar-refractivity contribution is 0.119. The normalized spacial score (nSPS) is 22.6. The average Bonchev–Trinajstić information content (AvgIpc) is 2.57. The summed E-state index contributed by atoms with van der Waals surface area (Å²) >= 11 is 0. The van der Waals surface area contributed by atoms with Crippen molar-refractivity contribution in [2.45, 2.75) is 38.4 Å². The summed E-state index contributed by atoms with van der Waals surface area (Å²) in [4.78, 5) is 2.65. The van der Waals surface area contributed by atoms with E-state index in [-0.39, 0.29) is 0 Å². The molecule has 2 heteroatoms. The van der Waals surface area contributed by atoms with Crippen molar-refractivity contribution in [1.82, 2.24) is 10.2 Å². The number of piperazine rings is 1. The number of benzene rings is 2. The molecule has 1 heterocycles. The zero-order valence-electron chi connectivity index (χ0n) is 13.4. The molecule has 0 aromatic heterocycles. The lowest BCUT2D eigenvalue weighted by atomic mass is 10.00. The summed E-state index contributed by atoms with van der Waals surface area (Å²) in [5.74, 6) is 0. The van der Waals surface area contributed by atoms with Gasteiger partial charge < -0.3 is 5.32 Å². The van der Waals surface area contributed by atoms with Crippen LogP contribution in [0.1, 0.15) is 24.5 Å². The van der Waals surface area contributed by atoms with E-state index in [1.165, 1.54) is 17.5 Å². The van der Waals surface area contributed by atoms with E-state index in [4.69, 9.17) is 0 Å². The Morgan fingerprint density at radius 3 is 2.23 bits per heavy atom. The van der Waals surface area contributed by atoms with Crippen LogP contribution in [0.15, 0.2) is 60.7 Å². The smallest absolute Gasteiger partial charge is 0.0237 e. The van der Waals surface area contributed by atoms with Crippen molar-refractivity contribution in [3.63, 3.8) is 0 Å². The average molecular weight is 294 g/mol. The van der Waals surface area contributed by atoms with Crippen LogP contribution in [-0.2, 0) is 13.0 Å². The molecule has 0 radical (unpaired) electrons. The van der Waals surface area contributed by atoms with E-state index in [2.05, 4.69) is 77.8 Å². The highest BCUT2D eigenvalue weighted by Gasteiger charge is 2.26. The standard InChI is InChI=1S/C20H26N2/c1-2-20-14-21-19(13-17-9-5-3-6-10-17)16-22(20)15-18-11-7-4-8-12-18/h3-12,19-21H,2,13-16H2,1H3. The van der Waals surface area contributed by atoms with Gasteiger partial charge in [0.1, 0.15) is 0 Å². The van der Waals surface area contributed by atoms with Gasteiger partial charge in [-0.2, -0.15) is 0 Å². The Bertz CT molecular complexity index is 552. The molecule has 1 fully saturated rings. The van der Waals surface area contributed by atoms with Crippen LogP contribution in [0.2, 0.25) is 0 Å². The molecule has 0 aliphatic carbocycles. The van der Waals surface area contributed by atoms with Gasteiger partial charge >= 0.3 is 0 Å². The third-order valence-electron chi connectivity index (χ3n) is 4.64. The van der Waals surface area contributed by atoms with Gasteiger partial charge in [-0.05, 0) is 24.0 Å². The molecule has 2 aromatic rings. The molecule has 1 aliphatic rings. The monoisotopic (exact) mass is 294 g/mol. The Morgan fingerprint density at radius 2 is 1.59 bits per heavy atom. The fourth-order valence-corrected chi connectivity index (χ4v) is 3.38. The molecule has 116 valence electrons. The summed E-state index contributed by atoms with van der Waals surface area (Å²) in [5.41, 5.74) is 2.84. The molecular formula is C20H26N2. The summed E-state index contributed by atoms with van der Waals surface area (Å²) in [7, 11) is 0. The number of hydrogen-bond donors (Lipinski definition) is 1. The molecule has 0 bridgehead atoms. The first-order chi connectivity index (χ1) is 10.8. The van der Waals surface area contributed by atoms with E-state index in [9.17, 15) is 0 Å². The van der Waals surface area contributed by atoms with Crippen LogP contribution in [0.25, 0.3) is 0 Å². The van der Waals surface area contributed by atoms with Gasteiger partial charge in [0.05, 0.1) is 0 Å². The molecule has 0 amide bonds. The van der Waals surface area contributed by atoms with Crippen LogP contribution < -0.4 is 5.32 Å². The molecule has 0 spiro atoms. The molecule has 2 aromatic carbocycles. The maximum Gasteiger partial charge on any atom is 0.0237 e. The second-order valence-electron chi connectivity index (χ2n) is 6.27. The van der Waals surface area contributed by atoms with Crippen molar-refractivity contribution in [3.8, 4) is 0 Å². The van der Waals surface area contributed by atoms with Crippen LogP contribution in [0.3, 0.4) is 0 Å². The molecule has 3 rings (SSSR count). The molecule has 1 aliphatic heterocycles. The van der Waals surface area contributed by atoms with Crippen molar-refractivity contribution >= 4 is 0 Å². The highest BCUT2D eigenvalue weighted by atomic mass is 15.2. The van der Waals surface area contributed by atoms with Crippen molar-refractivity contribution in [3.05, 3.63) is 71.8 Å². The third kappa shape index (κ3) is 3.96. The third-order valence-corrected chi connectivity index (χ3v) is 4.64.